The number of hydrogen-bond acceptors (Lipinski definition) is 0. The van der Waals surface area contributed by atoms with Crippen molar-refractivity contribution in [3.05, 3.63) is 0 Å². The molecule has 15 heavy (non-hydrogen) atoms. The number of hydrogen-bond donors (Lipinski definition) is 0. The van der Waals surface area contributed by atoms with Gasteiger partial charge in [0.2, 0.25) is 0 Å². The van der Waals surface area contributed by atoms with E-state index in [0.29, 0.717) is 0 Å². The molecule has 4 aliphatic carbocycles. The van der Waals surface area contributed by atoms with Gasteiger partial charge in [-0.3, -0.25) is 0 Å². The van der Waals surface area contributed by atoms with Crippen LogP contribution in [0, 0.1) is 22.7 Å². The van der Waals surface area contributed by atoms with Crippen LogP contribution in [0.2, 0.25) is 0 Å². The monoisotopic (exact) mass is 204 g/mol. The predicted octanol–water partition coefficient (Wildman–Crippen LogP) is 4.54. The molecule has 0 saturated heterocycles. The highest BCUT2D eigenvalue weighted by molar-refractivity contribution is 5.10. The molecule has 0 nitrogen and oxygen atoms in total. The van der Waals surface area contributed by atoms with Gasteiger partial charge in [-0.05, 0) is 80.5 Å². The van der Waals surface area contributed by atoms with Gasteiger partial charge >= 0.3 is 0 Å². The Morgan fingerprint density at radius 1 is 0.600 bits per heavy atom. The van der Waals surface area contributed by atoms with Gasteiger partial charge < -0.3 is 0 Å². The lowest BCUT2D eigenvalue weighted by molar-refractivity contribution is 0.0174. The van der Waals surface area contributed by atoms with E-state index < -0.39 is 0 Å². The third-order valence-corrected chi connectivity index (χ3v) is 6.84. The molecule has 2 unspecified atom stereocenters. The molecule has 0 aromatic carbocycles. The number of fused-ring (bicyclic) bond motifs is 5. The summed E-state index contributed by atoms with van der Waals surface area (Å²) in [5.74, 6) is 2.30. The van der Waals surface area contributed by atoms with Crippen LogP contribution in [0.25, 0.3) is 0 Å². The van der Waals surface area contributed by atoms with Crippen LogP contribution in [-0.4, -0.2) is 0 Å². The van der Waals surface area contributed by atoms with Crippen LogP contribution in [0.4, 0.5) is 0 Å². The Labute approximate surface area is 93.8 Å². The van der Waals surface area contributed by atoms with E-state index in [1.807, 2.05) is 0 Å². The zero-order chi connectivity index (χ0) is 9.93. The maximum atomic E-state index is 1.64. The molecule has 0 heteroatoms. The summed E-state index contributed by atoms with van der Waals surface area (Å²) < 4.78 is 0. The lowest BCUT2D eigenvalue weighted by Crippen LogP contribution is -2.38. The summed E-state index contributed by atoms with van der Waals surface area (Å²) in [4.78, 5) is 0. The van der Waals surface area contributed by atoms with E-state index in [-0.39, 0.29) is 0 Å². The number of rotatable bonds is 1. The highest BCUT2D eigenvalue weighted by Crippen LogP contribution is 2.70. The van der Waals surface area contributed by atoms with E-state index in [1.54, 1.807) is 70.6 Å². The molecule has 0 aliphatic heterocycles. The fourth-order valence-electron chi connectivity index (χ4n) is 6.12. The fourth-order valence-corrected chi connectivity index (χ4v) is 6.12. The largest absolute Gasteiger partial charge is 0.0525 e. The molecule has 4 rings (SSSR count). The minimum absolute atomic E-state index is 0.862. The first-order valence-corrected chi connectivity index (χ1v) is 7.32. The van der Waals surface area contributed by atoms with Crippen molar-refractivity contribution < 1.29 is 0 Å². The van der Waals surface area contributed by atoms with Crippen molar-refractivity contribution in [2.75, 3.05) is 0 Å². The molecule has 0 heterocycles. The second-order valence-corrected chi connectivity index (χ2v) is 7.21. The Morgan fingerprint density at radius 2 is 1.13 bits per heavy atom. The summed E-state index contributed by atoms with van der Waals surface area (Å²) in [7, 11) is 0. The lowest BCUT2D eigenvalue weighted by atomic mass is 9.56. The average molecular weight is 204 g/mol. The van der Waals surface area contributed by atoms with Gasteiger partial charge in [-0.25, -0.2) is 0 Å². The fraction of sp³-hybridized carbons (Fsp3) is 1.00. The van der Waals surface area contributed by atoms with E-state index in [4.69, 9.17) is 0 Å². The Hall–Kier alpha value is 0. The third kappa shape index (κ3) is 1.04. The van der Waals surface area contributed by atoms with E-state index in [2.05, 4.69) is 0 Å². The average Bonchev–Trinajstić information content (AvgIpc) is 2.94. The molecule has 0 amide bonds. The molecule has 4 bridgehead atoms. The second kappa shape index (κ2) is 2.81. The molecular weight excluding hydrogens is 180 g/mol. The standard InChI is InChI=1S/C15H24/c1-2-12-3-7-14(6-1,10-12)15-8-4-13(11-15)5-9-15/h12-13H,1-11H2. The molecule has 2 atom stereocenters. The summed E-state index contributed by atoms with van der Waals surface area (Å²) in [6, 6.07) is 0. The van der Waals surface area contributed by atoms with E-state index in [1.165, 1.54) is 0 Å². The lowest BCUT2D eigenvalue weighted by Gasteiger charge is -2.48. The Balaban J connectivity index is 1.70. The van der Waals surface area contributed by atoms with Crippen molar-refractivity contribution in [1.29, 1.82) is 0 Å². The van der Waals surface area contributed by atoms with Gasteiger partial charge in [0.1, 0.15) is 0 Å². The van der Waals surface area contributed by atoms with Gasteiger partial charge in [-0.1, -0.05) is 12.8 Å². The van der Waals surface area contributed by atoms with Crippen molar-refractivity contribution in [2.24, 2.45) is 22.7 Å². The maximum absolute atomic E-state index is 1.64. The maximum Gasteiger partial charge on any atom is -0.0238 e. The van der Waals surface area contributed by atoms with Gasteiger partial charge in [0.25, 0.3) is 0 Å². The minimum Gasteiger partial charge on any atom is -0.0525 e. The quantitative estimate of drug-likeness (QED) is 0.588. The van der Waals surface area contributed by atoms with Crippen LogP contribution < -0.4 is 0 Å². The highest BCUT2D eigenvalue weighted by Gasteiger charge is 2.60. The van der Waals surface area contributed by atoms with Crippen molar-refractivity contribution in [1.82, 2.24) is 0 Å². The topological polar surface area (TPSA) is 0 Å². The molecule has 84 valence electrons. The van der Waals surface area contributed by atoms with Gasteiger partial charge in [0, 0.05) is 0 Å². The molecule has 4 saturated carbocycles. The Morgan fingerprint density at radius 3 is 1.80 bits per heavy atom. The summed E-state index contributed by atoms with van der Waals surface area (Å²) in [5, 5.41) is 0. The summed E-state index contributed by atoms with van der Waals surface area (Å²) >= 11 is 0. The first-order chi connectivity index (χ1) is 7.32. The van der Waals surface area contributed by atoms with Crippen molar-refractivity contribution >= 4 is 0 Å². The molecule has 0 radical (unpaired) electrons. The Bertz CT molecular complexity index is 268. The zero-order valence-corrected chi connectivity index (χ0v) is 9.93. The van der Waals surface area contributed by atoms with E-state index in [0.717, 1.165) is 22.7 Å². The van der Waals surface area contributed by atoms with E-state index in [9.17, 15) is 0 Å². The van der Waals surface area contributed by atoms with Gasteiger partial charge in [0.05, 0.1) is 0 Å². The first kappa shape index (κ1) is 9.07. The molecular formula is C15H24. The van der Waals surface area contributed by atoms with Gasteiger partial charge in [-0.2, -0.15) is 0 Å². The smallest absolute Gasteiger partial charge is 0.0238 e. The van der Waals surface area contributed by atoms with Crippen LogP contribution in [0.3, 0.4) is 0 Å². The molecule has 4 aliphatic rings. The predicted molar refractivity (Wildman–Crippen MR) is 62.6 cm³/mol. The van der Waals surface area contributed by atoms with Crippen LogP contribution in [0.1, 0.15) is 70.6 Å². The van der Waals surface area contributed by atoms with Crippen molar-refractivity contribution in [3.63, 3.8) is 0 Å². The third-order valence-electron chi connectivity index (χ3n) is 6.84. The zero-order valence-electron chi connectivity index (χ0n) is 9.93. The van der Waals surface area contributed by atoms with Crippen LogP contribution in [-0.2, 0) is 0 Å². The van der Waals surface area contributed by atoms with E-state index >= 15 is 0 Å². The highest BCUT2D eigenvalue weighted by atomic mass is 14.6. The van der Waals surface area contributed by atoms with Crippen molar-refractivity contribution in [2.45, 2.75) is 70.6 Å². The van der Waals surface area contributed by atoms with Crippen LogP contribution in [0.15, 0.2) is 0 Å². The molecule has 0 aromatic heterocycles. The molecule has 0 spiro atoms. The van der Waals surface area contributed by atoms with Crippen LogP contribution in [0.5, 0.6) is 0 Å². The normalized spacial score (nSPS) is 57.6. The summed E-state index contributed by atoms with van der Waals surface area (Å²) in [5.41, 5.74) is 1.73. The van der Waals surface area contributed by atoms with Gasteiger partial charge in [0.15, 0.2) is 0 Å². The summed E-state index contributed by atoms with van der Waals surface area (Å²) in [6.07, 6.45) is 17.6. The molecule has 0 aromatic rings. The summed E-state index contributed by atoms with van der Waals surface area (Å²) in [6.45, 7) is 0. The Kier molecular flexibility index (Phi) is 1.70. The minimum atomic E-state index is 0.862. The first-order valence-electron chi connectivity index (χ1n) is 7.32. The molecule has 0 N–H and O–H groups in total. The van der Waals surface area contributed by atoms with Gasteiger partial charge in [-0.15, -0.1) is 0 Å². The second-order valence-electron chi connectivity index (χ2n) is 7.21. The molecule has 4 fully saturated rings. The van der Waals surface area contributed by atoms with Crippen LogP contribution >= 0.6 is 0 Å². The SMILES string of the molecule is C1CC2CCC(C34CCC(CC3)C4)(C1)C2. The van der Waals surface area contributed by atoms with Crippen molar-refractivity contribution in [3.8, 4) is 0 Å².